The summed E-state index contributed by atoms with van der Waals surface area (Å²) in [6.45, 7) is 8.03. The van der Waals surface area contributed by atoms with Crippen LogP contribution in [0.15, 0.2) is 18.2 Å². The normalized spacial score (nSPS) is 24.0. The Morgan fingerprint density at radius 1 is 1.15 bits per heavy atom. The summed E-state index contributed by atoms with van der Waals surface area (Å²) in [5.74, 6) is 0. The average molecular weight is 272 g/mol. The maximum Gasteiger partial charge on any atom is 0.0239 e. The summed E-state index contributed by atoms with van der Waals surface area (Å²) in [6.07, 6.45) is 6.92. The number of likely N-dealkylation sites (tertiary alicyclic amines) is 1. The standard InChI is InChI=1S/C18H28N2/c1-14-6-7-15(2)16(11-14)13-20-10-4-3-5-18(20)12-19-17-8-9-17/h6-7,11,17-19H,3-5,8-10,12-13H2,1-2H3. The Labute approximate surface area is 123 Å². The lowest BCUT2D eigenvalue weighted by molar-refractivity contribution is 0.137. The second-order valence-corrected chi connectivity index (χ2v) is 6.73. The van der Waals surface area contributed by atoms with Gasteiger partial charge in [0, 0.05) is 25.2 Å². The van der Waals surface area contributed by atoms with Crippen LogP contribution in [-0.2, 0) is 6.54 Å². The number of rotatable bonds is 5. The highest BCUT2D eigenvalue weighted by atomic mass is 15.2. The molecule has 2 nitrogen and oxygen atoms in total. The maximum absolute atomic E-state index is 3.73. The fraction of sp³-hybridized carbons (Fsp3) is 0.667. The topological polar surface area (TPSA) is 15.3 Å². The number of hydrogen-bond acceptors (Lipinski definition) is 2. The van der Waals surface area contributed by atoms with E-state index in [9.17, 15) is 0 Å². The van der Waals surface area contributed by atoms with Crippen molar-refractivity contribution in [2.45, 2.75) is 64.6 Å². The molecule has 1 aromatic carbocycles. The Balaban J connectivity index is 1.64. The third-order valence-electron chi connectivity index (χ3n) is 4.85. The van der Waals surface area contributed by atoms with Crippen LogP contribution in [0, 0.1) is 13.8 Å². The van der Waals surface area contributed by atoms with Crippen LogP contribution in [0.3, 0.4) is 0 Å². The summed E-state index contributed by atoms with van der Waals surface area (Å²) in [4.78, 5) is 2.71. The quantitative estimate of drug-likeness (QED) is 0.883. The average Bonchev–Trinajstić information content (AvgIpc) is 3.26. The summed E-state index contributed by atoms with van der Waals surface area (Å²) < 4.78 is 0. The SMILES string of the molecule is Cc1ccc(C)c(CN2CCCCC2CNC2CC2)c1. The largest absolute Gasteiger partial charge is 0.312 e. The molecular formula is C18H28N2. The lowest BCUT2D eigenvalue weighted by Crippen LogP contribution is -2.45. The van der Waals surface area contributed by atoms with Crippen LogP contribution in [0.2, 0.25) is 0 Å². The van der Waals surface area contributed by atoms with Crippen molar-refractivity contribution >= 4 is 0 Å². The van der Waals surface area contributed by atoms with Crippen molar-refractivity contribution in [2.24, 2.45) is 0 Å². The van der Waals surface area contributed by atoms with Crippen molar-refractivity contribution in [3.8, 4) is 0 Å². The first-order chi connectivity index (χ1) is 9.72. The number of nitrogens with zero attached hydrogens (tertiary/aromatic N) is 1. The molecule has 3 rings (SSSR count). The van der Waals surface area contributed by atoms with Gasteiger partial charge in [-0.25, -0.2) is 0 Å². The zero-order valence-corrected chi connectivity index (χ0v) is 13.0. The monoisotopic (exact) mass is 272 g/mol. The van der Waals surface area contributed by atoms with Gasteiger partial charge in [0.2, 0.25) is 0 Å². The molecule has 0 bridgehead atoms. The molecule has 2 fully saturated rings. The van der Waals surface area contributed by atoms with Crippen LogP contribution in [0.1, 0.15) is 48.8 Å². The number of hydrogen-bond donors (Lipinski definition) is 1. The Kier molecular flexibility index (Phi) is 4.42. The first-order valence-corrected chi connectivity index (χ1v) is 8.26. The van der Waals surface area contributed by atoms with Gasteiger partial charge in [-0.2, -0.15) is 0 Å². The Morgan fingerprint density at radius 2 is 2.00 bits per heavy atom. The number of piperidine rings is 1. The van der Waals surface area contributed by atoms with E-state index in [1.54, 1.807) is 0 Å². The zero-order chi connectivity index (χ0) is 13.9. The molecule has 1 aliphatic carbocycles. The fourth-order valence-electron chi connectivity index (χ4n) is 3.28. The van der Waals surface area contributed by atoms with Crippen LogP contribution in [-0.4, -0.2) is 30.1 Å². The van der Waals surface area contributed by atoms with E-state index < -0.39 is 0 Å². The minimum Gasteiger partial charge on any atom is -0.312 e. The van der Waals surface area contributed by atoms with E-state index in [-0.39, 0.29) is 0 Å². The molecule has 2 heteroatoms. The van der Waals surface area contributed by atoms with Gasteiger partial charge in [0.25, 0.3) is 0 Å². The molecule has 110 valence electrons. The molecule has 0 aromatic heterocycles. The van der Waals surface area contributed by atoms with Gasteiger partial charge in [-0.1, -0.05) is 30.2 Å². The summed E-state index contributed by atoms with van der Waals surface area (Å²) in [5, 5.41) is 3.73. The van der Waals surface area contributed by atoms with Gasteiger partial charge in [-0.3, -0.25) is 4.90 Å². The van der Waals surface area contributed by atoms with Crippen molar-refractivity contribution in [3.63, 3.8) is 0 Å². The predicted molar refractivity (Wildman–Crippen MR) is 85.0 cm³/mol. The van der Waals surface area contributed by atoms with Gasteiger partial charge in [0.05, 0.1) is 0 Å². The first-order valence-electron chi connectivity index (χ1n) is 8.26. The number of aryl methyl sites for hydroxylation is 2. The van der Waals surface area contributed by atoms with Crippen LogP contribution in [0.25, 0.3) is 0 Å². The smallest absolute Gasteiger partial charge is 0.0239 e. The van der Waals surface area contributed by atoms with Gasteiger partial charge in [0.15, 0.2) is 0 Å². The van der Waals surface area contributed by atoms with Crippen molar-refractivity contribution in [1.82, 2.24) is 10.2 Å². The Morgan fingerprint density at radius 3 is 2.80 bits per heavy atom. The Hall–Kier alpha value is -0.860. The van der Waals surface area contributed by atoms with Gasteiger partial charge < -0.3 is 5.32 Å². The molecule has 0 spiro atoms. The molecule has 1 atom stereocenters. The van der Waals surface area contributed by atoms with Crippen LogP contribution in [0.4, 0.5) is 0 Å². The lowest BCUT2D eigenvalue weighted by Gasteiger charge is -2.36. The van der Waals surface area contributed by atoms with E-state index in [0.717, 1.165) is 18.6 Å². The summed E-state index contributed by atoms with van der Waals surface area (Å²) in [5.41, 5.74) is 4.34. The fourth-order valence-corrected chi connectivity index (χ4v) is 3.28. The summed E-state index contributed by atoms with van der Waals surface area (Å²) in [6, 6.07) is 8.44. The molecule has 1 aromatic rings. The number of nitrogens with one attached hydrogen (secondary N) is 1. The zero-order valence-electron chi connectivity index (χ0n) is 13.0. The predicted octanol–water partition coefficient (Wildman–Crippen LogP) is 3.41. The van der Waals surface area contributed by atoms with Gasteiger partial charge >= 0.3 is 0 Å². The highest BCUT2D eigenvalue weighted by molar-refractivity contribution is 5.30. The minimum absolute atomic E-state index is 0.740. The lowest BCUT2D eigenvalue weighted by atomic mass is 9.99. The van der Waals surface area contributed by atoms with Crippen LogP contribution < -0.4 is 5.32 Å². The molecule has 0 amide bonds. The molecule has 1 aliphatic heterocycles. The highest BCUT2D eigenvalue weighted by Crippen LogP contribution is 2.23. The van der Waals surface area contributed by atoms with Crippen molar-refractivity contribution in [1.29, 1.82) is 0 Å². The third kappa shape index (κ3) is 3.62. The summed E-state index contributed by atoms with van der Waals surface area (Å²) >= 11 is 0. The second kappa shape index (κ2) is 6.28. The molecular weight excluding hydrogens is 244 g/mol. The van der Waals surface area contributed by atoms with E-state index >= 15 is 0 Å². The molecule has 20 heavy (non-hydrogen) atoms. The Bertz CT molecular complexity index is 451. The summed E-state index contributed by atoms with van der Waals surface area (Å²) in [7, 11) is 0. The molecule has 1 saturated carbocycles. The van der Waals surface area contributed by atoms with Crippen LogP contribution >= 0.6 is 0 Å². The molecule has 1 N–H and O–H groups in total. The van der Waals surface area contributed by atoms with E-state index in [0.29, 0.717) is 0 Å². The van der Waals surface area contributed by atoms with E-state index in [1.165, 1.54) is 61.9 Å². The maximum atomic E-state index is 3.73. The van der Waals surface area contributed by atoms with Crippen LogP contribution in [0.5, 0.6) is 0 Å². The van der Waals surface area contributed by atoms with Crippen molar-refractivity contribution in [3.05, 3.63) is 34.9 Å². The van der Waals surface area contributed by atoms with E-state index in [4.69, 9.17) is 0 Å². The van der Waals surface area contributed by atoms with E-state index in [1.807, 2.05) is 0 Å². The van der Waals surface area contributed by atoms with Crippen molar-refractivity contribution in [2.75, 3.05) is 13.1 Å². The van der Waals surface area contributed by atoms with Gasteiger partial charge in [0.1, 0.15) is 0 Å². The highest BCUT2D eigenvalue weighted by Gasteiger charge is 2.26. The third-order valence-corrected chi connectivity index (χ3v) is 4.85. The second-order valence-electron chi connectivity index (χ2n) is 6.73. The van der Waals surface area contributed by atoms with Gasteiger partial charge in [-0.15, -0.1) is 0 Å². The molecule has 2 aliphatic rings. The van der Waals surface area contributed by atoms with Crippen molar-refractivity contribution < 1.29 is 0 Å². The molecule has 0 radical (unpaired) electrons. The molecule has 1 heterocycles. The first kappa shape index (κ1) is 14.1. The minimum atomic E-state index is 0.740. The molecule has 1 saturated heterocycles. The number of benzene rings is 1. The van der Waals surface area contributed by atoms with Gasteiger partial charge in [-0.05, 0) is 57.2 Å². The molecule has 1 unspecified atom stereocenters. The van der Waals surface area contributed by atoms with E-state index in [2.05, 4.69) is 42.3 Å².